The maximum Gasteiger partial charge on any atom is 0.181 e. The van der Waals surface area contributed by atoms with E-state index in [0.29, 0.717) is 17.9 Å². The Kier molecular flexibility index (Phi) is 3.56. The summed E-state index contributed by atoms with van der Waals surface area (Å²) in [7, 11) is 0. The van der Waals surface area contributed by atoms with Crippen molar-refractivity contribution < 1.29 is 4.79 Å². The summed E-state index contributed by atoms with van der Waals surface area (Å²) in [5, 5.41) is 0. The highest BCUT2D eigenvalue weighted by Crippen LogP contribution is 2.21. The van der Waals surface area contributed by atoms with Gasteiger partial charge in [0.05, 0.1) is 0 Å². The van der Waals surface area contributed by atoms with Crippen molar-refractivity contribution in [2.24, 2.45) is 5.41 Å². The quantitative estimate of drug-likeness (QED) is 0.714. The van der Waals surface area contributed by atoms with Crippen molar-refractivity contribution in [3.8, 4) is 0 Å². The third kappa shape index (κ3) is 4.19. The van der Waals surface area contributed by atoms with Crippen molar-refractivity contribution in [3.63, 3.8) is 0 Å². The number of hydrogen-bond donors (Lipinski definition) is 0. The lowest BCUT2D eigenvalue weighted by atomic mass is 9.89. The molecular weight excluding hydrogens is 188 g/mol. The lowest BCUT2D eigenvalue weighted by Gasteiger charge is -2.16. The second kappa shape index (κ2) is 4.51. The normalized spacial score (nSPS) is 11.5. The maximum atomic E-state index is 11.8. The summed E-state index contributed by atoms with van der Waals surface area (Å²) >= 11 is 0. The topological polar surface area (TPSA) is 42.9 Å². The molecular formula is C12H18N2O. The first-order chi connectivity index (χ1) is 6.88. The summed E-state index contributed by atoms with van der Waals surface area (Å²) < 4.78 is 0. The third-order valence-electron chi connectivity index (χ3n) is 2.16. The molecule has 0 aromatic carbocycles. The van der Waals surface area contributed by atoms with Gasteiger partial charge in [0, 0.05) is 12.6 Å². The van der Waals surface area contributed by atoms with Gasteiger partial charge in [0.15, 0.2) is 5.78 Å². The van der Waals surface area contributed by atoms with E-state index in [1.807, 2.05) is 0 Å². The number of carbonyl (C=O) groups excluding carboxylic acids is 1. The van der Waals surface area contributed by atoms with Crippen LogP contribution in [-0.4, -0.2) is 15.8 Å². The van der Waals surface area contributed by atoms with E-state index in [4.69, 9.17) is 0 Å². The molecule has 1 heterocycles. The van der Waals surface area contributed by atoms with Crippen molar-refractivity contribution in [1.82, 2.24) is 9.97 Å². The van der Waals surface area contributed by atoms with E-state index in [1.54, 1.807) is 19.2 Å². The van der Waals surface area contributed by atoms with Gasteiger partial charge < -0.3 is 0 Å². The van der Waals surface area contributed by atoms with E-state index in [-0.39, 0.29) is 11.2 Å². The minimum absolute atomic E-state index is 0.107. The smallest absolute Gasteiger partial charge is 0.181 e. The molecule has 1 aromatic heterocycles. The maximum absolute atomic E-state index is 11.8. The molecule has 0 saturated heterocycles. The fraction of sp³-hybridized carbons (Fsp3) is 0.583. The van der Waals surface area contributed by atoms with Gasteiger partial charge in [-0.1, -0.05) is 20.8 Å². The summed E-state index contributed by atoms with van der Waals surface area (Å²) in [6, 6.07) is 1.68. The highest BCUT2D eigenvalue weighted by molar-refractivity contribution is 5.94. The molecule has 0 radical (unpaired) electrons. The number of carbonyl (C=O) groups is 1. The molecule has 0 fully saturated rings. The fourth-order valence-corrected chi connectivity index (χ4v) is 1.23. The molecule has 0 atom stereocenters. The minimum Gasteiger partial charge on any atom is -0.292 e. The van der Waals surface area contributed by atoms with Crippen molar-refractivity contribution in [1.29, 1.82) is 0 Å². The molecule has 0 spiro atoms. The van der Waals surface area contributed by atoms with Gasteiger partial charge in [0.2, 0.25) is 0 Å². The minimum atomic E-state index is 0.107. The molecule has 0 N–H and O–H groups in total. The van der Waals surface area contributed by atoms with Crippen LogP contribution in [0.4, 0.5) is 0 Å². The first kappa shape index (κ1) is 11.8. The van der Waals surface area contributed by atoms with Crippen LogP contribution in [0.1, 0.15) is 49.9 Å². The van der Waals surface area contributed by atoms with Gasteiger partial charge in [-0.2, -0.15) is 0 Å². The summed E-state index contributed by atoms with van der Waals surface area (Å²) in [6.45, 7) is 8.18. The van der Waals surface area contributed by atoms with Gasteiger partial charge in [0.25, 0.3) is 0 Å². The van der Waals surface area contributed by atoms with Crippen LogP contribution in [0.3, 0.4) is 0 Å². The van der Waals surface area contributed by atoms with E-state index in [0.717, 1.165) is 6.42 Å². The number of Topliss-reactive ketones (excluding diaryl/α,β-unsaturated/α-hetero) is 1. The Bertz CT molecular complexity index is 353. The first-order valence-electron chi connectivity index (χ1n) is 5.21. The molecule has 3 heteroatoms. The highest BCUT2D eigenvalue weighted by atomic mass is 16.1. The van der Waals surface area contributed by atoms with Crippen LogP contribution in [0, 0.1) is 12.3 Å². The lowest BCUT2D eigenvalue weighted by Crippen LogP contribution is -2.10. The zero-order valence-corrected chi connectivity index (χ0v) is 9.87. The van der Waals surface area contributed by atoms with Crippen molar-refractivity contribution >= 4 is 5.78 Å². The fourth-order valence-electron chi connectivity index (χ4n) is 1.23. The molecule has 0 bridgehead atoms. The molecule has 0 aliphatic rings. The zero-order chi connectivity index (χ0) is 11.5. The Balaban J connectivity index is 2.62. The molecule has 0 saturated carbocycles. The number of aryl methyl sites for hydroxylation is 1. The van der Waals surface area contributed by atoms with Crippen LogP contribution in [0.5, 0.6) is 0 Å². The first-order valence-corrected chi connectivity index (χ1v) is 5.21. The van der Waals surface area contributed by atoms with E-state index in [2.05, 4.69) is 30.7 Å². The largest absolute Gasteiger partial charge is 0.292 e. The molecule has 15 heavy (non-hydrogen) atoms. The standard InChI is InChI=1S/C12H18N2O/c1-9-13-8-6-10(14-9)11(15)5-7-12(2,3)4/h6,8H,5,7H2,1-4H3. The molecule has 0 aliphatic heterocycles. The van der Waals surface area contributed by atoms with Crippen molar-refractivity contribution in [2.45, 2.75) is 40.5 Å². The number of rotatable bonds is 3. The Morgan fingerprint density at radius 2 is 2.07 bits per heavy atom. The SMILES string of the molecule is Cc1nccc(C(=O)CCC(C)(C)C)n1. The Labute approximate surface area is 91.0 Å². The van der Waals surface area contributed by atoms with E-state index >= 15 is 0 Å². The van der Waals surface area contributed by atoms with Gasteiger partial charge in [-0.25, -0.2) is 9.97 Å². The average Bonchev–Trinajstić information content (AvgIpc) is 2.13. The van der Waals surface area contributed by atoms with Gasteiger partial charge in [-0.3, -0.25) is 4.79 Å². The Morgan fingerprint density at radius 1 is 1.40 bits per heavy atom. The lowest BCUT2D eigenvalue weighted by molar-refractivity contribution is 0.0960. The van der Waals surface area contributed by atoms with Gasteiger partial charge >= 0.3 is 0 Å². The van der Waals surface area contributed by atoms with Gasteiger partial charge in [-0.15, -0.1) is 0 Å². The highest BCUT2D eigenvalue weighted by Gasteiger charge is 2.14. The van der Waals surface area contributed by atoms with Crippen LogP contribution in [0.2, 0.25) is 0 Å². The summed E-state index contributed by atoms with van der Waals surface area (Å²) in [4.78, 5) is 19.8. The molecule has 3 nitrogen and oxygen atoms in total. The molecule has 0 amide bonds. The average molecular weight is 206 g/mol. The van der Waals surface area contributed by atoms with E-state index in [9.17, 15) is 4.79 Å². The van der Waals surface area contributed by atoms with Crippen LogP contribution < -0.4 is 0 Å². The molecule has 1 rings (SSSR count). The van der Waals surface area contributed by atoms with Crippen molar-refractivity contribution in [3.05, 3.63) is 23.8 Å². The van der Waals surface area contributed by atoms with Gasteiger partial charge in [-0.05, 0) is 24.8 Å². The summed E-state index contributed by atoms with van der Waals surface area (Å²) in [5.74, 6) is 0.757. The van der Waals surface area contributed by atoms with Crippen molar-refractivity contribution in [2.75, 3.05) is 0 Å². The van der Waals surface area contributed by atoms with Crippen LogP contribution in [0.15, 0.2) is 12.3 Å². The molecule has 0 unspecified atom stereocenters. The molecule has 82 valence electrons. The predicted octanol–water partition coefficient (Wildman–Crippen LogP) is 2.79. The second-order valence-electron chi connectivity index (χ2n) is 4.97. The van der Waals surface area contributed by atoms with E-state index < -0.39 is 0 Å². The Hall–Kier alpha value is -1.25. The van der Waals surface area contributed by atoms with E-state index in [1.165, 1.54) is 0 Å². The summed E-state index contributed by atoms with van der Waals surface area (Å²) in [6.07, 6.45) is 3.07. The molecule has 1 aromatic rings. The number of nitrogens with zero attached hydrogens (tertiary/aromatic N) is 2. The van der Waals surface area contributed by atoms with Crippen LogP contribution in [-0.2, 0) is 0 Å². The third-order valence-corrected chi connectivity index (χ3v) is 2.16. The van der Waals surface area contributed by atoms with Crippen LogP contribution >= 0.6 is 0 Å². The van der Waals surface area contributed by atoms with Crippen LogP contribution in [0.25, 0.3) is 0 Å². The number of hydrogen-bond acceptors (Lipinski definition) is 3. The monoisotopic (exact) mass is 206 g/mol. The number of aromatic nitrogens is 2. The van der Waals surface area contributed by atoms with Gasteiger partial charge in [0.1, 0.15) is 11.5 Å². The zero-order valence-electron chi connectivity index (χ0n) is 9.87. The Morgan fingerprint density at radius 3 is 2.60 bits per heavy atom. The predicted molar refractivity (Wildman–Crippen MR) is 59.8 cm³/mol. The number of ketones is 1. The summed E-state index contributed by atoms with van der Waals surface area (Å²) in [5.41, 5.74) is 0.726. The molecule has 0 aliphatic carbocycles. The second-order valence-corrected chi connectivity index (χ2v) is 4.97.